The molecule has 1 aromatic carbocycles. The number of carbonyl (C=O) groups is 1. The molecule has 0 radical (unpaired) electrons. The number of hydrogen-bond donors (Lipinski definition) is 2. The number of fused-ring (bicyclic) bond motifs is 2. The number of hydrogen-bond acceptors (Lipinski definition) is 7. The second-order valence-corrected chi connectivity index (χ2v) is 8.63. The van der Waals surface area contributed by atoms with Gasteiger partial charge in [0, 0.05) is 41.7 Å². The van der Waals surface area contributed by atoms with E-state index in [2.05, 4.69) is 20.5 Å². The number of benzene rings is 1. The summed E-state index contributed by atoms with van der Waals surface area (Å²) in [5.74, 6) is 0.00479. The van der Waals surface area contributed by atoms with E-state index in [0.717, 1.165) is 35.9 Å². The first-order valence-corrected chi connectivity index (χ1v) is 10.7. The van der Waals surface area contributed by atoms with Crippen molar-refractivity contribution in [2.75, 3.05) is 31.2 Å². The van der Waals surface area contributed by atoms with Crippen LogP contribution in [0.3, 0.4) is 0 Å². The normalized spacial score (nSPS) is 26.6. The summed E-state index contributed by atoms with van der Waals surface area (Å²) in [5, 5.41) is 7.48. The fourth-order valence-electron chi connectivity index (χ4n) is 4.22. The summed E-state index contributed by atoms with van der Waals surface area (Å²) in [6.45, 7) is 3.00. The van der Waals surface area contributed by atoms with Crippen LogP contribution < -0.4 is 15.5 Å². The predicted octanol–water partition coefficient (Wildman–Crippen LogP) is 2.29. The average molecular weight is 401 g/mol. The lowest BCUT2D eigenvalue weighted by Gasteiger charge is -2.24. The van der Waals surface area contributed by atoms with Gasteiger partial charge in [-0.1, -0.05) is 11.8 Å². The van der Waals surface area contributed by atoms with Crippen molar-refractivity contribution in [1.82, 2.24) is 15.6 Å². The summed E-state index contributed by atoms with van der Waals surface area (Å²) in [6, 6.07) is 9.57. The quantitative estimate of drug-likeness (QED) is 0.797. The van der Waals surface area contributed by atoms with Crippen molar-refractivity contribution in [3.05, 3.63) is 36.0 Å². The van der Waals surface area contributed by atoms with Gasteiger partial charge >= 0.3 is 0 Å². The third kappa shape index (κ3) is 3.76. The Hall–Kier alpha value is -2.03. The Morgan fingerprint density at radius 3 is 2.75 bits per heavy atom. The van der Waals surface area contributed by atoms with Crippen LogP contribution in [0.5, 0.6) is 0 Å². The summed E-state index contributed by atoms with van der Waals surface area (Å²) in [5.41, 5.74) is 0.693. The Morgan fingerprint density at radius 1 is 1.21 bits per heavy atom. The van der Waals surface area contributed by atoms with Crippen molar-refractivity contribution < 1.29 is 13.9 Å². The zero-order chi connectivity index (χ0) is 18.9. The highest BCUT2D eigenvalue weighted by molar-refractivity contribution is 7.99. The number of nitrogens with one attached hydrogen (secondary N) is 2. The molecule has 0 spiro atoms. The first-order chi connectivity index (χ1) is 13.7. The van der Waals surface area contributed by atoms with Crippen molar-refractivity contribution in [1.29, 1.82) is 0 Å². The second kappa shape index (κ2) is 7.77. The average Bonchev–Trinajstić information content (AvgIpc) is 3.46. The van der Waals surface area contributed by atoms with Crippen LogP contribution in [0.15, 0.2) is 44.9 Å². The molecule has 3 fully saturated rings. The fourth-order valence-corrected chi connectivity index (χ4v) is 4.95. The van der Waals surface area contributed by atoms with Gasteiger partial charge in [-0.3, -0.25) is 4.79 Å². The lowest BCUT2D eigenvalue weighted by Crippen LogP contribution is -2.42. The van der Waals surface area contributed by atoms with Crippen molar-refractivity contribution in [2.24, 2.45) is 0 Å². The molecule has 2 bridgehead atoms. The van der Waals surface area contributed by atoms with Crippen molar-refractivity contribution in [3.8, 4) is 0 Å². The molecule has 5 rings (SSSR count). The number of morpholine rings is 1. The maximum atomic E-state index is 12.5. The third-order valence-corrected chi connectivity index (χ3v) is 6.60. The lowest BCUT2D eigenvalue weighted by atomic mass is 9.95. The lowest BCUT2D eigenvalue weighted by molar-refractivity contribution is 0.0931. The first-order valence-electron chi connectivity index (χ1n) is 9.88. The van der Waals surface area contributed by atoms with E-state index in [0.29, 0.717) is 36.9 Å². The number of carbonyl (C=O) groups excluding carboxylic acids is 1. The van der Waals surface area contributed by atoms with Gasteiger partial charge in [0.05, 0.1) is 19.4 Å². The largest absolute Gasteiger partial charge is 0.417 e. The molecule has 0 saturated carbocycles. The number of ether oxygens (including phenoxy) is 1. The van der Waals surface area contributed by atoms with Gasteiger partial charge in [0.2, 0.25) is 0 Å². The van der Waals surface area contributed by atoms with Gasteiger partial charge in [0.25, 0.3) is 11.9 Å². The minimum absolute atomic E-state index is 0.00479. The van der Waals surface area contributed by atoms with E-state index in [1.54, 1.807) is 6.20 Å². The van der Waals surface area contributed by atoms with E-state index in [4.69, 9.17) is 9.15 Å². The minimum Gasteiger partial charge on any atom is -0.417 e. The molecule has 0 unspecified atom stereocenters. The van der Waals surface area contributed by atoms with Crippen LogP contribution in [0, 0.1) is 0 Å². The molecular formula is C20H24N4O3S. The van der Waals surface area contributed by atoms with Gasteiger partial charge in [-0.05, 0) is 43.5 Å². The standard InChI is InChI=1S/C20H24N4O3S/c25-19(23-17-11-14-3-6-16(17)22-14)13-1-4-15(5-2-13)28-18-12-21-20(27-18)24-7-9-26-10-8-24/h1-2,4-5,12,14,16-17,22H,3,6-11H2,(H,23,25)/t14-,16+,17-/m1/s1. The van der Waals surface area contributed by atoms with Crippen LogP contribution >= 0.6 is 11.8 Å². The molecule has 8 heteroatoms. The van der Waals surface area contributed by atoms with Gasteiger partial charge in [-0.15, -0.1) is 0 Å². The van der Waals surface area contributed by atoms with Crippen LogP contribution in [0.2, 0.25) is 0 Å². The molecule has 3 atom stereocenters. The van der Waals surface area contributed by atoms with E-state index in [9.17, 15) is 4.79 Å². The van der Waals surface area contributed by atoms with Crippen LogP contribution in [-0.2, 0) is 4.74 Å². The zero-order valence-electron chi connectivity index (χ0n) is 15.6. The molecule has 1 amide bonds. The Bertz CT molecular complexity index is 834. The van der Waals surface area contributed by atoms with E-state index >= 15 is 0 Å². The van der Waals surface area contributed by atoms with Gasteiger partial charge in [0.1, 0.15) is 0 Å². The van der Waals surface area contributed by atoms with Crippen LogP contribution in [0.4, 0.5) is 6.01 Å². The highest BCUT2D eigenvalue weighted by Crippen LogP contribution is 2.31. The first kappa shape index (κ1) is 18.0. The Morgan fingerprint density at radius 2 is 2.04 bits per heavy atom. The molecule has 2 aromatic rings. The molecule has 2 N–H and O–H groups in total. The molecule has 3 saturated heterocycles. The number of nitrogens with zero attached hydrogens (tertiary/aromatic N) is 2. The van der Waals surface area contributed by atoms with Gasteiger partial charge in [-0.25, -0.2) is 4.98 Å². The monoisotopic (exact) mass is 400 g/mol. The number of oxazole rings is 1. The molecule has 1 aromatic heterocycles. The zero-order valence-corrected chi connectivity index (χ0v) is 16.4. The highest BCUT2D eigenvalue weighted by atomic mass is 32.2. The molecule has 0 aliphatic carbocycles. The van der Waals surface area contributed by atoms with Gasteiger partial charge in [0.15, 0.2) is 5.09 Å². The number of amides is 1. The van der Waals surface area contributed by atoms with Crippen LogP contribution in [-0.4, -0.2) is 55.3 Å². The Balaban J connectivity index is 1.18. The fraction of sp³-hybridized carbons (Fsp3) is 0.500. The van der Waals surface area contributed by atoms with Crippen molar-refractivity contribution in [3.63, 3.8) is 0 Å². The topological polar surface area (TPSA) is 79.6 Å². The molecule has 148 valence electrons. The summed E-state index contributed by atoms with van der Waals surface area (Å²) >= 11 is 1.51. The van der Waals surface area contributed by atoms with Gasteiger partial charge in [-0.2, -0.15) is 0 Å². The highest BCUT2D eigenvalue weighted by Gasteiger charge is 2.39. The molecule has 4 heterocycles. The summed E-state index contributed by atoms with van der Waals surface area (Å²) in [7, 11) is 0. The summed E-state index contributed by atoms with van der Waals surface area (Å²) < 4.78 is 11.2. The van der Waals surface area contributed by atoms with E-state index in [1.807, 2.05) is 24.3 Å². The number of rotatable bonds is 5. The smallest absolute Gasteiger partial charge is 0.298 e. The summed E-state index contributed by atoms with van der Waals surface area (Å²) in [4.78, 5) is 20.0. The number of anilines is 1. The van der Waals surface area contributed by atoms with Crippen molar-refractivity contribution in [2.45, 2.75) is 47.4 Å². The molecular weight excluding hydrogens is 376 g/mol. The number of aromatic nitrogens is 1. The maximum absolute atomic E-state index is 12.5. The second-order valence-electron chi connectivity index (χ2n) is 7.55. The van der Waals surface area contributed by atoms with E-state index < -0.39 is 0 Å². The molecule has 3 aliphatic heterocycles. The third-order valence-electron chi connectivity index (χ3n) is 5.71. The minimum atomic E-state index is 0.00479. The van der Waals surface area contributed by atoms with Gasteiger partial charge < -0.3 is 24.7 Å². The van der Waals surface area contributed by atoms with Crippen LogP contribution in [0.1, 0.15) is 29.6 Å². The molecule has 3 aliphatic rings. The summed E-state index contributed by atoms with van der Waals surface area (Å²) in [6.07, 6.45) is 5.19. The Kier molecular flexibility index (Phi) is 5.00. The molecule has 7 nitrogen and oxygen atoms in total. The van der Waals surface area contributed by atoms with Crippen LogP contribution in [0.25, 0.3) is 0 Å². The van der Waals surface area contributed by atoms with Crippen molar-refractivity contribution >= 4 is 23.7 Å². The van der Waals surface area contributed by atoms with E-state index in [-0.39, 0.29) is 11.9 Å². The SMILES string of the molecule is O=C(N[C@@H]1C[C@H]2CC[C@@H]1N2)c1ccc(Sc2cnc(N3CCOCC3)o2)cc1. The maximum Gasteiger partial charge on any atom is 0.298 e. The van der Waals surface area contributed by atoms with E-state index in [1.165, 1.54) is 18.2 Å². The Labute approximate surface area is 168 Å². The molecule has 28 heavy (non-hydrogen) atoms. The predicted molar refractivity (Wildman–Crippen MR) is 106 cm³/mol.